The molecule has 1 aromatic rings. The number of hydrogen-bond acceptors (Lipinski definition) is 4. The second-order valence-corrected chi connectivity index (χ2v) is 6.71. The lowest BCUT2D eigenvalue weighted by Gasteiger charge is -2.07. The third kappa shape index (κ3) is 10.6. The summed E-state index contributed by atoms with van der Waals surface area (Å²) >= 11 is 0. The van der Waals surface area contributed by atoms with Gasteiger partial charge in [0, 0.05) is 19.0 Å². The topological polar surface area (TPSA) is 84.9 Å². The molecule has 0 atom stereocenters. The molecule has 0 aliphatic carbocycles. The molecule has 0 aliphatic rings. The number of rotatable bonds is 15. The molecule has 0 heterocycles. The molecule has 0 spiro atoms. The zero-order valence-electron chi connectivity index (χ0n) is 17.0. The summed E-state index contributed by atoms with van der Waals surface area (Å²) in [6.07, 6.45) is 12.0. The number of benzene rings is 1. The molecule has 156 valence electrons. The Morgan fingerprint density at radius 3 is 2.14 bits per heavy atom. The first-order valence-electron chi connectivity index (χ1n) is 9.96. The van der Waals surface area contributed by atoms with Gasteiger partial charge in [0.1, 0.15) is 0 Å². The van der Waals surface area contributed by atoms with Gasteiger partial charge >= 0.3 is 5.97 Å². The van der Waals surface area contributed by atoms with Crippen LogP contribution in [0.1, 0.15) is 63.4 Å². The fourth-order valence-electron chi connectivity index (χ4n) is 2.86. The first-order valence-corrected chi connectivity index (χ1v) is 9.96. The molecule has 0 saturated carbocycles. The molecular weight excluding hydrogens is 358 g/mol. The highest BCUT2D eigenvalue weighted by molar-refractivity contribution is 5.91. The van der Waals surface area contributed by atoms with Gasteiger partial charge in [-0.3, -0.25) is 9.59 Å². The van der Waals surface area contributed by atoms with Gasteiger partial charge in [0.25, 0.3) is 0 Å². The van der Waals surface area contributed by atoms with Crippen molar-refractivity contribution in [1.29, 1.82) is 0 Å². The molecule has 6 nitrogen and oxygen atoms in total. The summed E-state index contributed by atoms with van der Waals surface area (Å²) in [5.74, 6) is 0.477. The molecule has 28 heavy (non-hydrogen) atoms. The Kier molecular flexibility index (Phi) is 12.2. The molecule has 1 amide bonds. The van der Waals surface area contributed by atoms with E-state index in [4.69, 9.17) is 14.6 Å². The van der Waals surface area contributed by atoms with Crippen molar-refractivity contribution < 1.29 is 24.2 Å². The number of carbonyl (C=O) groups is 2. The molecule has 0 radical (unpaired) electrons. The number of carboxylic acids is 1. The van der Waals surface area contributed by atoms with Crippen molar-refractivity contribution in [3.63, 3.8) is 0 Å². The minimum Gasteiger partial charge on any atom is -0.493 e. The number of hydrogen-bond donors (Lipinski definition) is 2. The maximum absolute atomic E-state index is 11.9. The second kappa shape index (κ2) is 14.5. The van der Waals surface area contributed by atoms with Gasteiger partial charge < -0.3 is 19.9 Å². The number of ether oxygens (including phenoxy) is 2. The van der Waals surface area contributed by atoms with Crippen molar-refractivity contribution in [2.24, 2.45) is 0 Å². The van der Waals surface area contributed by atoms with Gasteiger partial charge in [-0.25, -0.2) is 0 Å². The third-order valence-electron chi connectivity index (χ3n) is 4.45. The van der Waals surface area contributed by atoms with Crippen LogP contribution in [-0.4, -0.2) is 37.7 Å². The van der Waals surface area contributed by atoms with Crippen LogP contribution in [0.25, 0.3) is 6.08 Å². The lowest BCUT2D eigenvalue weighted by Crippen LogP contribution is -2.21. The highest BCUT2D eigenvalue weighted by Crippen LogP contribution is 2.27. The van der Waals surface area contributed by atoms with E-state index in [1.54, 1.807) is 20.3 Å². The first-order chi connectivity index (χ1) is 13.6. The summed E-state index contributed by atoms with van der Waals surface area (Å²) in [4.78, 5) is 22.3. The molecular formula is C22H33NO5. The summed E-state index contributed by atoms with van der Waals surface area (Å²) in [6, 6.07) is 5.50. The fraction of sp³-hybridized carbons (Fsp3) is 0.545. The lowest BCUT2D eigenvalue weighted by atomic mass is 10.1. The Morgan fingerprint density at radius 2 is 1.54 bits per heavy atom. The molecule has 0 fully saturated rings. The first kappa shape index (κ1) is 23.5. The minimum atomic E-state index is -0.708. The van der Waals surface area contributed by atoms with E-state index in [-0.39, 0.29) is 12.3 Å². The molecule has 1 rings (SSSR count). The number of aliphatic carboxylic acids is 1. The van der Waals surface area contributed by atoms with Gasteiger partial charge in [-0.05, 0) is 36.6 Å². The Bertz CT molecular complexity index is 627. The fourth-order valence-corrected chi connectivity index (χ4v) is 2.86. The van der Waals surface area contributed by atoms with Gasteiger partial charge in [-0.1, -0.05) is 44.6 Å². The van der Waals surface area contributed by atoms with E-state index in [0.29, 0.717) is 18.0 Å². The van der Waals surface area contributed by atoms with Crippen molar-refractivity contribution in [1.82, 2.24) is 5.32 Å². The number of methoxy groups -OCH3 is 2. The van der Waals surface area contributed by atoms with E-state index in [9.17, 15) is 9.59 Å². The smallest absolute Gasteiger partial charge is 0.303 e. The van der Waals surface area contributed by atoms with E-state index >= 15 is 0 Å². The SMILES string of the molecule is COc1ccc(/C=C/C(=O)NCCCCCCCCCCC(=O)O)cc1OC. The van der Waals surface area contributed by atoms with Crippen molar-refractivity contribution >= 4 is 18.0 Å². The average molecular weight is 392 g/mol. The standard InChI is InChI=1S/C22H33NO5/c1-27-19-14-12-18(17-20(19)28-2)13-15-21(24)23-16-10-8-6-4-3-5-7-9-11-22(25)26/h12-15,17H,3-11,16H2,1-2H3,(H,23,24)(H,25,26)/b15-13+. The summed E-state index contributed by atoms with van der Waals surface area (Å²) in [5, 5.41) is 11.5. The molecule has 6 heteroatoms. The van der Waals surface area contributed by atoms with Crippen LogP contribution in [-0.2, 0) is 9.59 Å². The Balaban J connectivity index is 2.09. The van der Waals surface area contributed by atoms with Crippen LogP contribution in [0.15, 0.2) is 24.3 Å². The summed E-state index contributed by atoms with van der Waals surface area (Å²) in [6.45, 7) is 0.674. The predicted molar refractivity (Wildman–Crippen MR) is 111 cm³/mol. The predicted octanol–water partition coefficient (Wildman–Crippen LogP) is 4.43. The number of amides is 1. The molecule has 0 unspecified atom stereocenters. The van der Waals surface area contributed by atoms with Gasteiger partial charge in [-0.15, -0.1) is 0 Å². The monoisotopic (exact) mass is 391 g/mol. The number of carbonyl (C=O) groups excluding carboxylic acids is 1. The highest BCUT2D eigenvalue weighted by Gasteiger charge is 2.03. The van der Waals surface area contributed by atoms with Crippen LogP contribution in [0.4, 0.5) is 0 Å². The summed E-state index contributed by atoms with van der Waals surface area (Å²) < 4.78 is 10.4. The van der Waals surface area contributed by atoms with E-state index < -0.39 is 5.97 Å². The van der Waals surface area contributed by atoms with E-state index in [2.05, 4.69) is 5.32 Å². The number of nitrogens with one attached hydrogen (secondary N) is 1. The highest BCUT2D eigenvalue weighted by atomic mass is 16.5. The minimum absolute atomic E-state index is 0.104. The van der Waals surface area contributed by atoms with Crippen LogP contribution >= 0.6 is 0 Å². The third-order valence-corrected chi connectivity index (χ3v) is 4.45. The van der Waals surface area contributed by atoms with Crippen molar-refractivity contribution in [2.75, 3.05) is 20.8 Å². The maximum atomic E-state index is 11.9. The zero-order chi connectivity index (χ0) is 20.6. The molecule has 0 aromatic heterocycles. The normalized spacial score (nSPS) is 10.8. The van der Waals surface area contributed by atoms with Crippen LogP contribution in [0.5, 0.6) is 11.5 Å². The van der Waals surface area contributed by atoms with Crippen LogP contribution in [0.2, 0.25) is 0 Å². The Labute approximate surface area is 167 Å². The largest absolute Gasteiger partial charge is 0.493 e. The Morgan fingerprint density at radius 1 is 0.929 bits per heavy atom. The molecule has 0 bridgehead atoms. The van der Waals surface area contributed by atoms with Crippen molar-refractivity contribution in [2.45, 2.75) is 57.8 Å². The maximum Gasteiger partial charge on any atom is 0.303 e. The van der Waals surface area contributed by atoms with E-state index in [1.807, 2.05) is 18.2 Å². The van der Waals surface area contributed by atoms with Gasteiger partial charge in [0.05, 0.1) is 14.2 Å². The van der Waals surface area contributed by atoms with Crippen LogP contribution in [0.3, 0.4) is 0 Å². The molecule has 0 aliphatic heterocycles. The van der Waals surface area contributed by atoms with Crippen molar-refractivity contribution in [3.05, 3.63) is 29.8 Å². The molecule has 0 saturated heterocycles. The zero-order valence-corrected chi connectivity index (χ0v) is 17.0. The summed E-state index contributed by atoms with van der Waals surface area (Å²) in [7, 11) is 3.17. The molecule has 1 aromatic carbocycles. The second-order valence-electron chi connectivity index (χ2n) is 6.71. The van der Waals surface area contributed by atoms with E-state index in [0.717, 1.165) is 50.5 Å². The number of carboxylic acid groups (broad SMARTS) is 1. The van der Waals surface area contributed by atoms with Crippen molar-refractivity contribution in [3.8, 4) is 11.5 Å². The van der Waals surface area contributed by atoms with Gasteiger partial charge in [0.2, 0.25) is 5.91 Å². The number of unbranched alkanes of at least 4 members (excludes halogenated alkanes) is 7. The van der Waals surface area contributed by atoms with E-state index in [1.165, 1.54) is 12.5 Å². The molecule has 2 N–H and O–H groups in total. The van der Waals surface area contributed by atoms with Crippen LogP contribution < -0.4 is 14.8 Å². The summed E-state index contributed by atoms with van der Waals surface area (Å²) in [5.41, 5.74) is 0.871. The van der Waals surface area contributed by atoms with Crippen LogP contribution in [0, 0.1) is 0 Å². The average Bonchev–Trinajstić information content (AvgIpc) is 2.69. The van der Waals surface area contributed by atoms with Gasteiger partial charge in [0.15, 0.2) is 11.5 Å². The quantitative estimate of drug-likeness (QED) is 0.341. The Hall–Kier alpha value is -2.50. The van der Waals surface area contributed by atoms with Gasteiger partial charge in [-0.2, -0.15) is 0 Å². The lowest BCUT2D eigenvalue weighted by molar-refractivity contribution is -0.137.